The Morgan fingerprint density at radius 2 is 1.86 bits per heavy atom. The van der Waals surface area contributed by atoms with Crippen molar-refractivity contribution in [2.45, 2.75) is 26.2 Å². The van der Waals surface area contributed by atoms with Crippen molar-refractivity contribution in [1.82, 2.24) is 4.98 Å². The van der Waals surface area contributed by atoms with Crippen molar-refractivity contribution in [1.29, 1.82) is 0 Å². The molecule has 1 N–H and O–H groups in total. The summed E-state index contributed by atoms with van der Waals surface area (Å²) in [4.78, 5) is 16.7. The van der Waals surface area contributed by atoms with E-state index in [1.54, 1.807) is 36.5 Å². The molecular weight excluding hydrogens is 384 g/mol. The van der Waals surface area contributed by atoms with Crippen LogP contribution in [0.2, 0.25) is 5.02 Å². The fourth-order valence-corrected chi connectivity index (χ4v) is 3.00. The zero-order valence-corrected chi connectivity index (χ0v) is 17.4. The molecule has 0 radical (unpaired) electrons. The van der Waals surface area contributed by atoms with Gasteiger partial charge >= 0.3 is 0 Å². The Kier molecular flexibility index (Phi) is 6.35. The number of nitrogens with zero attached hydrogens (tertiary/aromatic N) is 1. The van der Waals surface area contributed by atoms with E-state index in [2.05, 4.69) is 31.1 Å². The maximum Gasteiger partial charge on any atom is 0.248 e. The first kappa shape index (κ1) is 20.6. The highest BCUT2D eigenvalue weighted by atomic mass is 35.5. The minimum absolute atomic E-state index is 0.0888. The summed E-state index contributed by atoms with van der Waals surface area (Å²) in [5.74, 6) is 0.768. The molecule has 0 fully saturated rings. The number of amides is 1. The second-order valence-corrected chi connectivity index (χ2v) is 8.02. The van der Waals surface area contributed by atoms with E-state index in [9.17, 15) is 4.79 Å². The van der Waals surface area contributed by atoms with Crippen molar-refractivity contribution in [2.24, 2.45) is 0 Å². The van der Waals surface area contributed by atoms with Crippen LogP contribution in [0, 0.1) is 0 Å². The summed E-state index contributed by atoms with van der Waals surface area (Å²) in [7, 11) is 0. The molecule has 0 aliphatic heterocycles. The van der Waals surface area contributed by atoms with Crippen molar-refractivity contribution in [3.05, 3.63) is 89.1 Å². The third-order valence-corrected chi connectivity index (χ3v) is 4.44. The largest absolute Gasteiger partial charge is 0.437 e. The Bertz CT molecular complexity index is 1040. The molecule has 4 nitrogen and oxygen atoms in total. The Morgan fingerprint density at radius 3 is 2.62 bits per heavy atom. The number of hydrogen-bond acceptors (Lipinski definition) is 3. The van der Waals surface area contributed by atoms with Gasteiger partial charge in [0.25, 0.3) is 0 Å². The van der Waals surface area contributed by atoms with Crippen molar-refractivity contribution in [3.8, 4) is 11.6 Å². The SMILES string of the molecule is CC(C)(C)c1ccccc1Oc1ncccc1NC(=O)C=Cc1cccc(Cl)c1. The number of ether oxygens (including phenoxy) is 1. The lowest BCUT2D eigenvalue weighted by Gasteiger charge is -2.22. The molecule has 0 atom stereocenters. The first-order chi connectivity index (χ1) is 13.8. The van der Waals surface area contributed by atoms with E-state index in [0.29, 0.717) is 22.3 Å². The second kappa shape index (κ2) is 8.93. The van der Waals surface area contributed by atoms with Crippen molar-refractivity contribution in [3.63, 3.8) is 0 Å². The molecule has 0 bridgehead atoms. The molecule has 1 heterocycles. The zero-order valence-electron chi connectivity index (χ0n) is 16.6. The van der Waals surface area contributed by atoms with E-state index in [-0.39, 0.29) is 11.3 Å². The van der Waals surface area contributed by atoms with Crippen LogP contribution < -0.4 is 10.1 Å². The lowest BCUT2D eigenvalue weighted by Crippen LogP contribution is -2.13. The van der Waals surface area contributed by atoms with Gasteiger partial charge < -0.3 is 10.1 Å². The van der Waals surface area contributed by atoms with Crippen LogP contribution in [0.4, 0.5) is 5.69 Å². The fraction of sp³-hybridized carbons (Fsp3) is 0.167. The first-order valence-electron chi connectivity index (χ1n) is 9.30. The average Bonchev–Trinajstić information content (AvgIpc) is 2.68. The summed E-state index contributed by atoms with van der Waals surface area (Å²) in [6, 6.07) is 18.6. The molecule has 0 aliphatic carbocycles. The number of rotatable bonds is 5. The summed E-state index contributed by atoms with van der Waals surface area (Å²) in [6.07, 6.45) is 4.78. The predicted octanol–water partition coefficient (Wildman–Crippen LogP) is 6.48. The van der Waals surface area contributed by atoms with Gasteiger partial charge in [-0.2, -0.15) is 0 Å². The van der Waals surface area contributed by atoms with Gasteiger partial charge in [0.15, 0.2) is 0 Å². The van der Waals surface area contributed by atoms with Crippen molar-refractivity contribution < 1.29 is 9.53 Å². The molecule has 3 aromatic rings. The second-order valence-electron chi connectivity index (χ2n) is 7.58. The van der Waals surface area contributed by atoms with Gasteiger partial charge in [-0.3, -0.25) is 4.79 Å². The van der Waals surface area contributed by atoms with Crippen LogP contribution >= 0.6 is 11.6 Å². The normalized spacial score (nSPS) is 11.4. The summed E-state index contributed by atoms with van der Waals surface area (Å²) in [5.41, 5.74) is 2.31. The van der Waals surface area contributed by atoms with Gasteiger partial charge in [0.1, 0.15) is 11.4 Å². The number of carbonyl (C=O) groups excluding carboxylic acids is 1. The topological polar surface area (TPSA) is 51.2 Å². The molecule has 3 rings (SSSR count). The third kappa shape index (κ3) is 5.69. The van der Waals surface area contributed by atoms with Crippen LogP contribution in [0.15, 0.2) is 72.9 Å². The number of hydrogen-bond donors (Lipinski definition) is 1. The fourth-order valence-electron chi connectivity index (χ4n) is 2.80. The molecule has 0 aliphatic rings. The maximum atomic E-state index is 12.4. The maximum absolute atomic E-state index is 12.4. The van der Waals surface area contributed by atoms with Gasteiger partial charge in [0, 0.05) is 22.9 Å². The van der Waals surface area contributed by atoms with Crippen LogP contribution in [-0.2, 0) is 10.2 Å². The average molecular weight is 407 g/mol. The summed E-state index contributed by atoms with van der Waals surface area (Å²) in [5, 5.41) is 3.45. The zero-order chi connectivity index (χ0) is 20.9. The van der Waals surface area contributed by atoms with Crippen LogP contribution in [0.5, 0.6) is 11.6 Å². The molecule has 29 heavy (non-hydrogen) atoms. The number of benzene rings is 2. The number of aromatic nitrogens is 1. The standard InChI is InChI=1S/C24H23ClN2O2/c1-24(2,3)19-10-4-5-12-21(19)29-23-20(11-7-15-26-23)27-22(28)14-13-17-8-6-9-18(25)16-17/h4-16H,1-3H3,(H,27,28). The Morgan fingerprint density at radius 1 is 1.07 bits per heavy atom. The van der Waals surface area contributed by atoms with E-state index >= 15 is 0 Å². The highest BCUT2D eigenvalue weighted by Crippen LogP contribution is 2.35. The summed E-state index contributed by atoms with van der Waals surface area (Å²) < 4.78 is 6.08. The molecule has 5 heteroatoms. The summed E-state index contributed by atoms with van der Waals surface area (Å²) in [6.45, 7) is 6.37. The number of halogens is 1. The van der Waals surface area contributed by atoms with Gasteiger partial charge in [-0.25, -0.2) is 4.98 Å². The smallest absolute Gasteiger partial charge is 0.248 e. The van der Waals surface area contributed by atoms with E-state index in [1.807, 2.05) is 36.4 Å². The van der Waals surface area contributed by atoms with Crippen LogP contribution in [0.25, 0.3) is 6.08 Å². The Labute approximate surface area is 176 Å². The monoisotopic (exact) mass is 406 g/mol. The lowest BCUT2D eigenvalue weighted by molar-refractivity contribution is -0.111. The Balaban J connectivity index is 1.79. The molecule has 2 aromatic carbocycles. The van der Waals surface area contributed by atoms with Crippen molar-refractivity contribution in [2.75, 3.05) is 5.32 Å². The van der Waals surface area contributed by atoms with Gasteiger partial charge in [-0.05, 0) is 47.4 Å². The van der Waals surface area contributed by atoms with Crippen LogP contribution in [-0.4, -0.2) is 10.9 Å². The van der Waals surface area contributed by atoms with E-state index in [4.69, 9.17) is 16.3 Å². The van der Waals surface area contributed by atoms with E-state index < -0.39 is 0 Å². The molecule has 1 amide bonds. The van der Waals surface area contributed by atoms with Gasteiger partial charge in [0.2, 0.25) is 11.8 Å². The molecule has 0 saturated carbocycles. The number of anilines is 1. The lowest BCUT2D eigenvalue weighted by atomic mass is 9.86. The third-order valence-electron chi connectivity index (χ3n) is 4.21. The number of carbonyl (C=O) groups is 1. The Hall–Kier alpha value is -3.11. The minimum atomic E-state index is -0.285. The quantitative estimate of drug-likeness (QED) is 0.493. The van der Waals surface area contributed by atoms with Gasteiger partial charge in [-0.1, -0.05) is 62.7 Å². The van der Waals surface area contributed by atoms with Crippen LogP contribution in [0.1, 0.15) is 31.9 Å². The highest BCUT2D eigenvalue weighted by molar-refractivity contribution is 6.30. The van der Waals surface area contributed by atoms with E-state index in [0.717, 1.165) is 11.1 Å². The number of nitrogens with one attached hydrogen (secondary N) is 1. The number of pyridine rings is 1. The highest BCUT2D eigenvalue weighted by Gasteiger charge is 2.20. The van der Waals surface area contributed by atoms with Crippen LogP contribution in [0.3, 0.4) is 0 Å². The minimum Gasteiger partial charge on any atom is -0.437 e. The van der Waals surface area contributed by atoms with Crippen molar-refractivity contribution >= 4 is 29.3 Å². The molecular formula is C24H23ClN2O2. The predicted molar refractivity (Wildman–Crippen MR) is 119 cm³/mol. The molecule has 0 spiro atoms. The number of para-hydroxylation sites is 1. The van der Waals surface area contributed by atoms with E-state index in [1.165, 1.54) is 6.08 Å². The van der Waals surface area contributed by atoms with Gasteiger partial charge in [0.05, 0.1) is 0 Å². The molecule has 1 aromatic heterocycles. The molecule has 0 saturated heterocycles. The van der Waals surface area contributed by atoms with Gasteiger partial charge in [-0.15, -0.1) is 0 Å². The molecule has 0 unspecified atom stereocenters. The summed E-state index contributed by atoms with van der Waals surface area (Å²) >= 11 is 5.97. The molecule has 148 valence electrons. The first-order valence-corrected chi connectivity index (χ1v) is 9.68.